The first-order chi connectivity index (χ1) is 15.0. The molecule has 0 aliphatic rings. The van der Waals surface area contributed by atoms with Crippen molar-refractivity contribution in [2.45, 2.75) is 6.10 Å². The Kier molecular flexibility index (Phi) is 7.64. The van der Waals surface area contributed by atoms with Gasteiger partial charge in [-0.3, -0.25) is 5.26 Å². The molecule has 0 spiro atoms. The number of hydrogen-bond donors (Lipinski definition) is 3. The number of esters is 1. The molecule has 1 atom stereocenters. The lowest BCUT2D eigenvalue weighted by Gasteiger charge is -2.16. The topological polar surface area (TPSA) is 117 Å². The minimum absolute atomic E-state index is 0.116. The van der Waals surface area contributed by atoms with Crippen LogP contribution in [0.15, 0.2) is 78.9 Å². The van der Waals surface area contributed by atoms with Crippen LogP contribution in [0.4, 0.5) is 11.4 Å². The molecule has 5 N–H and O–H groups in total. The maximum Gasteiger partial charge on any atom is 0.330 e. The van der Waals surface area contributed by atoms with Crippen molar-refractivity contribution in [1.82, 2.24) is 0 Å². The van der Waals surface area contributed by atoms with Gasteiger partial charge in [0, 0.05) is 17.5 Å². The Bertz CT molecular complexity index is 1000. The van der Waals surface area contributed by atoms with E-state index in [1.165, 1.54) is 6.08 Å². The van der Waals surface area contributed by atoms with Gasteiger partial charge in [-0.2, -0.15) is 0 Å². The molecule has 0 fully saturated rings. The average Bonchev–Trinajstić information content (AvgIpc) is 2.77. The highest BCUT2D eigenvalue weighted by molar-refractivity contribution is 5.87. The summed E-state index contributed by atoms with van der Waals surface area (Å²) in [6.07, 6.45) is 2.33. The van der Waals surface area contributed by atoms with E-state index in [1.54, 1.807) is 48.5 Å². The molecule has 0 bridgehead atoms. The summed E-state index contributed by atoms with van der Waals surface area (Å²) in [5, 5.41) is 9.36. The first kappa shape index (κ1) is 21.9. The molecule has 0 heterocycles. The van der Waals surface area contributed by atoms with E-state index in [1.807, 2.05) is 30.3 Å². The Morgan fingerprint density at radius 3 is 2.23 bits per heavy atom. The normalized spacial score (nSPS) is 11.9. The van der Waals surface area contributed by atoms with Gasteiger partial charge in [0.2, 0.25) is 0 Å². The van der Waals surface area contributed by atoms with Gasteiger partial charge in [0.1, 0.15) is 25.1 Å². The summed E-state index contributed by atoms with van der Waals surface area (Å²) in [5.41, 5.74) is 14.8. The monoisotopic (exact) mass is 420 g/mol. The fourth-order valence-corrected chi connectivity index (χ4v) is 2.99. The summed E-state index contributed by atoms with van der Waals surface area (Å²) < 4.78 is 10.7. The maximum atomic E-state index is 11.7. The zero-order valence-corrected chi connectivity index (χ0v) is 16.8. The average molecular weight is 420 g/mol. The highest BCUT2D eigenvalue weighted by Gasteiger charge is 2.16. The molecule has 0 aromatic heterocycles. The largest absolute Gasteiger partial charge is 0.490 e. The fourth-order valence-electron chi connectivity index (χ4n) is 2.99. The summed E-state index contributed by atoms with van der Waals surface area (Å²) in [7, 11) is 0. The third-order valence-corrected chi connectivity index (χ3v) is 4.40. The van der Waals surface area contributed by atoms with E-state index < -0.39 is 12.1 Å². The minimum atomic E-state index is -0.739. The second-order valence-electron chi connectivity index (χ2n) is 6.75. The van der Waals surface area contributed by atoms with Crippen LogP contribution < -0.4 is 16.2 Å². The third-order valence-electron chi connectivity index (χ3n) is 4.40. The lowest BCUT2D eigenvalue weighted by Crippen LogP contribution is -2.10. The first-order valence-corrected chi connectivity index (χ1v) is 9.64. The summed E-state index contributed by atoms with van der Waals surface area (Å²) in [6.45, 7) is 0.320. The van der Waals surface area contributed by atoms with Crippen molar-refractivity contribution in [2.24, 2.45) is 0 Å². The van der Waals surface area contributed by atoms with Gasteiger partial charge >= 0.3 is 5.97 Å². The van der Waals surface area contributed by atoms with Gasteiger partial charge in [-0.25, -0.2) is 9.68 Å². The van der Waals surface area contributed by atoms with Crippen molar-refractivity contribution < 1.29 is 24.4 Å². The van der Waals surface area contributed by atoms with Crippen LogP contribution in [0, 0.1) is 0 Å². The Hall–Kier alpha value is -3.81. The molecule has 160 valence electrons. The van der Waals surface area contributed by atoms with Gasteiger partial charge in [0.15, 0.2) is 0 Å². The fraction of sp³-hybridized carbons (Fsp3) is 0.125. The summed E-state index contributed by atoms with van der Waals surface area (Å²) in [4.78, 5) is 16.4. The highest BCUT2D eigenvalue weighted by atomic mass is 17.1. The molecule has 7 nitrogen and oxygen atoms in total. The Labute approximate surface area is 180 Å². The molecule has 0 aliphatic heterocycles. The van der Waals surface area contributed by atoms with Crippen LogP contribution in [-0.2, 0) is 14.4 Å². The van der Waals surface area contributed by atoms with Gasteiger partial charge < -0.3 is 20.9 Å². The molecule has 3 rings (SSSR count). The number of carbonyl (C=O) groups excluding carboxylic acids is 1. The number of nitrogens with two attached hydrogens (primary N) is 2. The SMILES string of the molecule is Nc1cc(N)cc(C(OO)c2ccc(OCCOC(=O)C=Cc3ccccc3)cc2)c1. The van der Waals surface area contributed by atoms with Crippen LogP contribution in [0.3, 0.4) is 0 Å². The third kappa shape index (κ3) is 6.60. The number of anilines is 2. The lowest BCUT2D eigenvalue weighted by molar-refractivity contribution is -0.270. The van der Waals surface area contributed by atoms with Crippen LogP contribution in [0.5, 0.6) is 5.75 Å². The van der Waals surface area contributed by atoms with E-state index in [9.17, 15) is 10.1 Å². The summed E-state index contributed by atoms with van der Waals surface area (Å²) in [6, 6.07) is 21.4. The molecule has 0 radical (unpaired) electrons. The molecule has 1 unspecified atom stereocenters. The van der Waals surface area contributed by atoms with Gasteiger partial charge in [0.05, 0.1) is 0 Å². The molecule has 0 amide bonds. The van der Waals surface area contributed by atoms with Gasteiger partial charge in [0.25, 0.3) is 0 Å². The second-order valence-corrected chi connectivity index (χ2v) is 6.75. The standard InChI is InChI=1S/C24H24N2O5/c25-20-14-19(15-21(26)16-20)24(31-28)18-7-9-22(10-8-18)29-12-13-30-23(27)11-6-17-4-2-1-3-5-17/h1-11,14-16,24,28H,12-13,25-26H2. The zero-order chi connectivity index (χ0) is 22.1. The number of benzene rings is 3. The first-order valence-electron chi connectivity index (χ1n) is 9.64. The number of carbonyl (C=O) groups is 1. The van der Waals surface area contributed by atoms with Crippen molar-refractivity contribution in [2.75, 3.05) is 24.7 Å². The molecule has 7 heteroatoms. The predicted molar refractivity (Wildman–Crippen MR) is 119 cm³/mol. The predicted octanol–water partition coefficient (Wildman–Crippen LogP) is 4.07. The number of nitrogen functional groups attached to an aromatic ring is 2. The molecule has 3 aromatic carbocycles. The molecule has 3 aromatic rings. The molecular formula is C24H24N2O5. The zero-order valence-electron chi connectivity index (χ0n) is 16.8. The lowest BCUT2D eigenvalue weighted by atomic mass is 10.0. The Morgan fingerprint density at radius 1 is 0.903 bits per heavy atom. The second kappa shape index (κ2) is 10.8. The van der Waals surface area contributed by atoms with E-state index in [4.69, 9.17) is 20.9 Å². The van der Waals surface area contributed by atoms with Crippen molar-refractivity contribution in [3.63, 3.8) is 0 Å². The van der Waals surface area contributed by atoms with Crippen LogP contribution in [-0.4, -0.2) is 24.4 Å². The number of rotatable bonds is 9. The van der Waals surface area contributed by atoms with Crippen molar-refractivity contribution in [3.05, 3.63) is 95.6 Å². The highest BCUT2D eigenvalue weighted by Crippen LogP contribution is 2.29. The van der Waals surface area contributed by atoms with Crippen molar-refractivity contribution >= 4 is 23.4 Å². The van der Waals surface area contributed by atoms with Gasteiger partial charge in [-0.05, 0) is 53.1 Å². The quantitative estimate of drug-likeness (QED) is 0.119. The molecular weight excluding hydrogens is 396 g/mol. The number of ether oxygens (including phenoxy) is 2. The summed E-state index contributed by atoms with van der Waals surface area (Å²) in [5.74, 6) is 0.149. The Morgan fingerprint density at radius 2 is 1.58 bits per heavy atom. The van der Waals surface area contributed by atoms with Crippen molar-refractivity contribution in [1.29, 1.82) is 0 Å². The van der Waals surface area contributed by atoms with Gasteiger partial charge in [-0.15, -0.1) is 0 Å². The van der Waals surface area contributed by atoms with Crippen LogP contribution in [0.1, 0.15) is 22.8 Å². The Balaban J connectivity index is 1.49. The molecule has 0 saturated carbocycles. The van der Waals surface area contributed by atoms with Crippen LogP contribution >= 0.6 is 0 Å². The van der Waals surface area contributed by atoms with Crippen LogP contribution in [0.2, 0.25) is 0 Å². The van der Waals surface area contributed by atoms with Crippen molar-refractivity contribution in [3.8, 4) is 5.75 Å². The van der Waals surface area contributed by atoms with Gasteiger partial charge in [-0.1, -0.05) is 42.5 Å². The van der Waals surface area contributed by atoms with E-state index in [0.717, 1.165) is 5.56 Å². The van der Waals surface area contributed by atoms with E-state index in [-0.39, 0.29) is 13.2 Å². The number of hydrogen-bond acceptors (Lipinski definition) is 7. The van der Waals surface area contributed by atoms with Crippen LogP contribution in [0.25, 0.3) is 6.08 Å². The molecule has 31 heavy (non-hydrogen) atoms. The summed E-state index contributed by atoms with van der Waals surface area (Å²) >= 11 is 0. The molecule has 0 saturated heterocycles. The van der Waals surface area contributed by atoms with E-state index in [0.29, 0.717) is 28.3 Å². The maximum absolute atomic E-state index is 11.7. The minimum Gasteiger partial charge on any atom is -0.490 e. The molecule has 0 aliphatic carbocycles. The van der Waals surface area contributed by atoms with E-state index >= 15 is 0 Å². The van der Waals surface area contributed by atoms with E-state index in [2.05, 4.69) is 4.89 Å². The smallest absolute Gasteiger partial charge is 0.330 e.